The van der Waals surface area contributed by atoms with Gasteiger partial charge in [0.1, 0.15) is 0 Å². The molecule has 0 aromatic rings. The number of hydrogen-bond donors (Lipinski definition) is 0. The molecule has 2 heteroatoms. The van der Waals surface area contributed by atoms with E-state index in [-0.39, 0.29) is 40.3 Å². The Kier molecular flexibility index (Phi) is 20.8. The summed E-state index contributed by atoms with van der Waals surface area (Å²) >= 11 is 0. The van der Waals surface area contributed by atoms with E-state index in [0.29, 0.717) is 0 Å². The van der Waals surface area contributed by atoms with Gasteiger partial charge in [-0.2, -0.15) is 0 Å². The van der Waals surface area contributed by atoms with E-state index in [9.17, 15) is 0 Å². The number of allylic oxidation sites excluding steroid dienone is 4. The Morgan fingerprint density at radius 2 is 0.818 bits per heavy atom. The van der Waals surface area contributed by atoms with Crippen molar-refractivity contribution in [3.63, 3.8) is 0 Å². The molecule has 0 N–H and O–H groups in total. The number of halogens is 1. The maximum Gasteiger partial charge on any atom is 0 e. The molecule has 0 fully saturated rings. The molecule has 0 saturated heterocycles. The summed E-state index contributed by atoms with van der Waals surface area (Å²) < 4.78 is 0. The summed E-state index contributed by atoms with van der Waals surface area (Å²) in [6.07, 6.45) is 14.0. The fourth-order valence-corrected chi connectivity index (χ4v) is 0.856. The Hall–Kier alpha value is 0.432. The first-order chi connectivity index (χ1) is 4.00. The van der Waals surface area contributed by atoms with Crippen molar-refractivity contribution in [3.8, 4) is 0 Å². The summed E-state index contributed by atoms with van der Waals surface area (Å²) in [5.74, 6) is 0. The second-order valence-electron chi connectivity index (χ2n) is 2.10. The third-order valence-corrected chi connectivity index (χ3v) is 1.33. The molecule has 11 heavy (non-hydrogen) atoms. The van der Waals surface area contributed by atoms with E-state index in [0.717, 1.165) is 0 Å². The van der Waals surface area contributed by atoms with Crippen LogP contribution in [0, 0.1) is 7.43 Å². The standard InChI is InChI=1S/C8H12.CH3.ClH.Pd/c1-2-4-6-8-7-5-3-1;;;/h1-2,7-8H,3-6H2;1H3;1H;/q;-1;;. The van der Waals surface area contributed by atoms with Crippen molar-refractivity contribution in [2.24, 2.45) is 0 Å². The van der Waals surface area contributed by atoms with Crippen LogP contribution < -0.4 is 0 Å². The molecule has 0 spiro atoms. The molecule has 1 aliphatic carbocycles. The first kappa shape index (κ1) is 17.5. The molecule has 1 aliphatic rings. The molecule has 0 bridgehead atoms. The van der Waals surface area contributed by atoms with Gasteiger partial charge in [0.2, 0.25) is 0 Å². The normalized spacial score (nSPS) is 14.5. The molecule has 1 rings (SSSR count). The average Bonchev–Trinajstić information content (AvgIpc) is 1.62. The SMILES string of the molecule is C1=CCCC=CCC1.Cl.[CH3-].[Pd]. The van der Waals surface area contributed by atoms with Crippen LogP contribution >= 0.6 is 12.4 Å². The van der Waals surface area contributed by atoms with Crippen LogP contribution in [-0.2, 0) is 20.4 Å². The minimum Gasteiger partial charge on any atom is -0.358 e. The van der Waals surface area contributed by atoms with Gasteiger partial charge in [-0.3, -0.25) is 0 Å². The molecule has 0 nitrogen and oxygen atoms in total. The summed E-state index contributed by atoms with van der Waals surface area (Å²) in [6, 6.07) is 0. The van der Waals surface area contributed by atoms with Gasteiger partial charge in [0, 0.05) is 20.4 Å². The van der Waals surface area contributed by atoms with Gasteiger partial charge < -0.3 is 7.43 Å². The van der Waals surface area contributed by atoms with E-state index < -0.39 is 0 Å². The van der Waals surface area contributed by atoms with E-state index in [2.05, 4.69) is 24.3 Å². The molecule has 0 aliphatic heterocycles. The van der Waals surface area contributed by atoms with Crippen LogP contribution in [-0.4, -0.2) is 0 Å². The zero-order chi connectivity index (χ0) is 5.66. The van der Waals surface area contributed by atoms with Crippen LogP contribution in [0.3, 0.4) is 0 Å². The summed E-state index contributed by atoms with van der Waals surface area (Å²) in [4.78, 5) is 0. The Morgan fingerprint density at radius 3 is 1.00 bits per heavy atom. The minimum absolute atomic E-state index is 0. The van der Waals surface area contributed by atoms with Crippen molar-refractivity contribution in [1.82, 2.24) is 0 Å². The molecular weight excluding hydrogens is 250 g/mol. The van der Waals surface area contributed by atoms with Crippen molar-refractivity contribution in [2.45, 2.75) is 25.7 Å². The Labute approximate surface area is 90.2 Å². The molecule has 0 radical (unpaired) electrons. The topological polar surface area (TPSA) is 0 Å². The summed E-state index contributed by atoms with van der Waals surface area (Å²) in [5.41, 5.74) is 0. The fourth-order valence-electron chi connectivity index (χ4n) is 0.856. The quantitative estimate of drug-likeness (QED) is 0.357. The van der Waals surface area contributed by atoms with Crippen molar-refractivity contribution < 1.29 is 20.4 Å². The van der Waals surface area contributed by atoms with Gasteiger partial charge in [-0.25, -0.2) is 0 Å². The molecule has 0 heterocycles. The zero-order valence-corrected chi connectivity index (χ0v) is 9.23. The third kappa shape index (κ3) is 10.4. The van der Waals surface area contributed by atoms with Crippen LogP contribution in [0.2, 0.25) is 0 Å². The maximum atomic E-state index is 2.27. The van der Waals surface area contributed by atoms with Crippen LogP contribution in [0.5, 0.6) is 0 Å². The smallest absolute Gasteiger partial charge is 0 e. The van der Waals surface area contributed by atoms with E-state index in [1.54, 1.807) is 0 Å². The molecule has 0 aromatic heterocycles. The van der Waals surface area contributed by atoms with Crippen LogP contribution in [0.15, 0.2) is 24.3 Å². The van der Waals surface area contributed by atoms with E-state index in [4.69, 9.17) is 0 Å². The molecule has 0 saturated carbocycles. The van der Waals surface area contributed by atoms with Crippen molar-refractivity contribution in [1.29, 1.82) is 0 Å². The number of rotatable bonds is 0. The van der Waals surface area contributed by atoms with Gasteiger partial charge in [-0.1, -0.05) is 24.3 Å². The fraction of sp³-hybridized carbons (Fsp3) is 0.444. The average molecular weight is 266 g/mol. The van der Waals surface area contributed by atoms with Crippen molar-refractivity contribution in [2.75, 3.05) is 0 Å². The number of hydrogen-bond acceptors (Lipinski definition) is 0. The van der Waals surface area contributed by atoms with E-state index in [1.165, 1.54) is 25.7 Å². The summed E-state index contributed by atoms with van der Waals surface area (Å²) in [6.45, 7) is 0. The largest absolute Gasteiger partial charge is 0.358 e. The van der Waals surface area contributed by atoms with Gasteiger partial charge in [0.25, 0.3) is 0 Å². The summed E-state index contributed by atoms with van der Waals surface area (Å²) in [5, 5.41) is 0. The predicted octanol–water partition coefficient (Wildman–Crippen LogP) is 3.54. The zero-order valence-electron chi connectivity index (χ0n) is 6.86. The van der Waals surface area contributed by atoms with Gasteiger partial charge in [0.15, 0.2) is 0 Å². The van der Waals surface area contributed by atoms with E-state index in [1.807, 2.05) is 0 Å². The Bertz CT molecular complexity index is 82.1. The molecule has 70 valence electrons. The predicted molar refractivity (Wildman–Crippen MR) is 50.4 cm³/mol. The van der Waals surface area contributed by atoms with Crippen LogP contribution in [0.1, 0.15) is 25.7 Å². The minimum atomic E-state index is 0. The maximum absolute atomic E-state index is 2.27. The Morgan fingerprint density at radius 1 is 0.636 bits per heavy atom. The van der Waals surface area contributed by atoms with Crippen LogP contribution in [0.25, 0.3) is 0 Å². The van der Waals surface area contributed by atoms with Gasteiger partial charge in [-0.05, 0) is 25.7 Å². The molecular formula is C9H16ClPd-. The van der Waals surface area contributed by atoms with Gasteiger partial charge in [-0.15, -0.1) is 12.4 Å². The second-order valence-corrected chi connectivity index (χ2v) is 2.10. The third-order valence-electron chi connectivity index (χ3n) is 1.33. The first-order valence-electron chi connectivity index (χ1n) is 3.30. The van der Waals surface area contributed by atoms with Gasteiger partial charge in [0.05, 0.1) is 0 Å². The summed E-state index contributed by atoms with van der Waals surface area (Å²) in [7, 11) is 0. The van der Waals surface area contributed by atoms with Crippen molar-refractivity contribution >= 4 is 12.4 Å². The Balaban J connectivity index is -0.000000213. The van der Waals surface area contributed by atoms with Gasteiger partial charge >= 0.3 is 0 Å². The monoisotopic (exact) mass is 265 g/mol. The first-order valence-corrected chi connectivity index (χ1v) is 3.30. The van der Waals surface area contributed by atoms with E-state index >= 15 is 0 Å². The van der Waals surface area contributed by atoms with Crippen molar-refractivity contribution in [3.05, 3.63) is 31.7 Å². The molecule has 0 aromatic carbocycles. The molecule has 0 amide bonds. The molecule has 0 unspecified atom stereocenters. The van der Waals surface area contributed by atoms with Crippen LogP contribution in [0.4, 0.5) is 0 Å². The molecule has 0 atom stereocenters. The second kappa shape index (κ2) is 13.1.